The molecule has 0 fully saturated rings. The van der Waals surface area contributed by atoms with Gasteiger partial charge in [0.25, 0.3) is 0 Å². The van der Waals surface area contributed by atoms with Gasteiger partial charge in [-0.3, -0.25) is 0 Å². The second-order valence-electron chi connectivity index (χ2n) is 4.42. The molecule has 82 valence electrons. The van der Waals surface area contributed by atoms with E-state index in [2.05, 4.69) is 22.8 Å². The number of benzene rings is 2. The minimum Gasteiger partial charge on any atom is -0.360 e. The van der Waals surface area contributed by atoms with Gasteiger partial charge in [0.1, 0.15) is 12.3 Å². The Labute approximate surface area is 93.5 Å². The van der Waals surface area contributed by atoms with Crippen LogP contribution in [0.1, 0.15) is 6.92 Å². The average Bonchev–Trinajstić information content (AvgIpc) is 2.29. The molecule has 2 aromatic carbocycles. The van der Waals surface area contributed by atoms with E-state index >= 15 is 0 Å². The quantitative estimate of drug-likeness (QED) is 0.763. The second-order valence-corrected chi connectivity index (χ2v) is 4.42. The van der Waals surface area contributed by atoms with Crippen LogP contribution in [0.3, 0.4) is 0 Å². The maximum Gasteiger partial charge on any atom is 0.134 e. The van der Waals surface area contributed by atoms with Crippen LogP contribution in [-0.2, 0) is 0 Å². The van der Waals surface area contributed by atoms with Gasteiger partial charge in [-0.2, -0.15) is 0 Å². The third-order valence-corrected chi connectivity index (χ3v) is 2.99. The SMILES string of the molecule is CC1(CF)Nc2cccc3cccc(c23)N1. The van der Waals surface area contributed by atoms with Crippen LogP contribution < -0.4 is 10.6 Å². The summed E-state index contributed by atoms with van der Waals surface area (Å²) in [7, 11) is 0. The van der Waals surface area contributed by atoms with Crippen molar-refractivity contribution >= 4 is 22.1 Å². The smallest absolute Gasteiger partial charge is 0.134 e. The van der Waals surface area contributed by atoms with Gasteiger partial charge in [-0.25, -0.2) is 4.39 Å². The molecule has 0 unspecified atom stereocenters. The highest BCUT2D eigenvalue weighted by Gasteiger charge is 2.29. The lowest BCUT2D eigenvalue weighted by Crippen LogP contribution is -2.47. The first-order chi connectivity index (χ1) is 7.72. The van der Waals surface area contributed by atoms with E-state index in [0.29, 0.717) is 0 Å². The van der Waals surface area contributed by atoms with Gasteiger partial charge in [-0.05, 0) is 24.4 Å². The lowest BCUT2D eigenvalue weighted by molar-refractivity contribution is 0.383. The van der Waals surface area contributed by atoms with E-state index in [9.17, 15) is 4.39 Å². The lowest BCUT2D eigenvalue weighted by Gasteiger charge is -2.36. The Morgan fingerprint density at radius 3 is 2.12 bits per heavy atom. The van der Waals surface area contributed by atoms with Gasteiger partial charge in [0.15, 0.2) is 0 Å². The van der Waals surface area contributed by atoms with Crippen molar-refractivity contribution in [3.63, 3.8) is 0 Å². The molecule has 1 aliphatic rings. The molecule has 0 aliphatic carbocycles. The third-order valence-electron chi connectivity index (χ3n) is 2.99. The number of rotatable bonds is 1. The minimum absolute atomic E-state index is 0.461. The molecule has 1 aliphatic heterocycles. The van der Waals surface area contributed by atoms with Crippen molar-refractivity contribution in [3.05, 3.63) is 36.4 Å². The number of anilines is 2. The summed E-state index contributed by atoms with van der Waals surface area (Å²) in [6, 6.07) is 12.1. The van der Waals surface area contributed by atoms with Crippen LogP contribution in [0.25, 0.3) is 10.8 Å². The Kier molecular flexibility index (Phi) is 1.84. The topological polar surface area (TPSA) is 24.1 Å². The van der Waals surface area contributed by atoms with Gasteiger partial charge in [-0.15, -0.1) is 0 Å². The van der Waals surface area contributed by atoms with E-state index in [1.54, 1.807) is 0 Å². The molecule has 0 saturated carbocycles. The summed E-state index contributed by atoms with van der Waals surface area (Å²) in [6.45, 7) is 1.36. The van der Waals surface area contributed by atoms with Gasteiger partial charge in [-0.1, -0.05) is 24.3 Å². The second kappa shape index (κ2) is 3.11. The van der Waals surface area contributed by atoms with Crippen molar-refractivity contribution in [3.8, 4) is 0 Å². The van der Waals surface area contributed by atoms with E-state index in [1.807, 2.05) is 31.2 Å². The normalized spacial score (nSPS) is 16.6. The van der Waals surface area contributed by atoms with Gasteiger partial charge in [0, 0.05) is 16.8 Å². The molecular formula is C13H13FN2. The Bertz CT molecular complexity index is 510. The van der Waals surface area contributed by atoms with Crippen molar-refractivity contribution in [2.75, 3.05) is 17.3 Å². The highest BCUT2D eigenvalue weighted by Crippen LogP contribution is 2.37. The number of halogens is 1. The zero-order chi connectivity index (χ0) is 11.2. The molecule has 0 amide bonds. The van der Waals surface area contributed by atoms with E-state index in [1.165, 1.54) is 0 Å². The van der Waals surface area contributed by atoms with Crippen molar-refractivity contribution in [2.45, 2.75) is 12.6 Å². The number of nitrogens with one attached hydrogen (secondary N) is 2. The maximum absolute atomic E-state index is 13.0. The van der Waals surface area contributed by atoms with Gasteiger partial charge < -0.3 is 10.6 Å². The molecule has 3 rings (SSSR count). The summed E-state index contributed by atoms with van der Waals surface area (Å²) in [4.78, 5) is 0. The molecule has 0 atom stereocenters. The van der Waals surface area contributed by atoms with Crippen LogP contribution in [0.5, 0.6) is 0 Å². The predicted molar refractivity (Wildman–Crippen MR) is 65.6 cm³/mol. The van der Waals surface area contributed by atoms with Gasteiger partial charge >= 0.3 is 0 Å². The Morgan fingerprint density at radius 2 is 1.62 bits per heavy atom. The molecule has 0 radical (unpaired) electrons. The summed E-state index contributed by atoms with van der Waals surface area (Å²) in [5.41, 5.74) is 1.28. The number of hydrogen-bond donors (Lipinski definition) is 2. The first-order valence-electron chi connectivity index (χ1n) is 5.36. The standard InChI is InChI=1S/C13H13FN2/c1-13(8-14)15-10-6-2-4-9-5-3-7-11(16-13)12(9)10/h2-7,15-16H,8H2,1H3. The van der Waals surface area contributed by atoms with Gasteiger partial charge in [0.2, 0.25) is 0 Å². The van der Waals surface area contributed by atoms with Crippen molar-refractivity contribution in [1.29, 1.82) is 0 Å². The summed E-state index contributed by atoms with van der Waals surface area (Å²) in [5, 5.41) is 8.70. The Morgan fingerprint density at radius 1 is 1.06 bits per heavy atom. The minimum atomic E-state index is -0.706. The summed E-state index contributed by atoms with van der Waals surface area (Å²) < 4.78 is 13.0. The Balaban J connectivity index is 2.28. The number of alkyl halides is 1. The van der Waals surface area contributed by atoms with Crippen molar-refractivity contribution in [1.82, 2.24) is 0 Å². The maximum atomic E-state index is 13.0. The highest BCUT2D eigenvalue weighted by atomic mass is 19.1. The molecule has 16 heavy (non-hydrogen) atoms. The molecular weight excluding hydrogens is 203 g/mol. The van der Waals surface area contributed by atoms with E-state index in [4.69, 9.17) is 0 Å². The lowest BCUT2D eigenvalue weighted by atomic mass is 10.0. The molecule has 0 aromatic heterocycles. The molecule has 3 heteroatoms. The van der Waals surface area contributed by atoms with Crippen molar-refractivity contribution < 1.29 is 4.39 Å². The highest BCUT2D eigenvalue weighted by molar-refractivity contribution is 6.05. The van der Waals surface area contributed by atoms with Crippen LogP contribution >= 0.6 is 0 Å². The molecule has 2 aromatic rings. The van der Waals surface area contributed by atoms with Crippen LogP contribution in [0.15, 0.2) is 36.4 Å². The summed E-state index contributed by atoms with van der Waals surface area (Å²) >= 11 is 0. The number of hydrogen-bond acceptors (Lipinski definition) is 2. The predicted octanol–water partition coefficient (Wildman–Crippen LogP) is 3.36. The first kappa shape index (κ1) is 9.46. The van der Waals surface area contributed by atoms with Crippen LogP contribution in [0.2, 0.25) is 0 Å². The fraction of sp³-hybridized carbons (Fsp3) is 0.231. The Hall–Kier alpha value is -1.77. The molecule has 0 spiro atoms. The monoisotopic (exact) mass is 216 g/mol. The zero-order valence-electron chi connectivity index (χ0n) is 9.05. The summed E-state index contributed by atoms with van der Waals surface area (Å²) in [6.07, 6.45) is 0. The van der Waals surface area contributed by atoms with E-state index < -0.39 is 12.3 Å². The third kappa shape index (κ3) is 1.24. The van der Waals surface area contributed by atoms with Crippen LogP contribution in [-0.4, -0.2) is 12.3 Å². The van der Waals surface area contributed by atoms with Crippen molar-refractivity contribution in [2.24, 2.45) is 0 Å². The fourth-order valence-corrected chi connectivity index (χ4v) is 2.24. The molecule has 2 N–H and O–H groups in total. The molecule has 1 heterocycles. The summed E-state index contributed by atoms with van der Waals surface area (Å²) in [5.74, 6) is 0. The molecule has 0 saturated heterocycles. The average molecular weight is 216 g/mol. The largest absolute Gasteiger partial charge is 0.360 e. The molecule has 0 bridgehead atoms. The fourth-order valence-electron chi connectivity index (χ4n) is 2.24. The van der Waals surface area contributed by atoms with E-state index in [0.717, 1.165) is 22.1 Å². The van der Waals surface area contributed by atoms with Crippen LogP contribution in [0.4, 0.5) is 15.8 Å². The first-order valence-corrected chi connectivity index (χ1v) is 5.36. The molecule has 2 nitrogen and oxygen atoms in total. The van der Waals surface area contributed by atoms with Crippen LogP contribution in [0, 0.1) is 0 Å². The van der Waals surface area contributed by atoms with Gasteiger partial charge in [0.05, 0.1) is 0 Å². The zero-order valence-corrected chi connectivity index (χ0v) is 9.05. The van der Waals surface area contributed by atoms with E-state index in [-0.39, 0.29) is 0 Å².